The van der Waals surface area contributed by atoms with Gasteiger partial charge in [-0.05, 0) is 27.6 Å². The van der Waals surface area contributed by atoms with E-state index in [0.717, 1.165) is 10.2 Å². The average Bonchev–Trinajstić information content (AvgIpc) is 1.90. The Balaban J connectivity index is 3.01. The maximum absolute atomic E-state index is 4.00. The third-order valence-corrected chi connectivity index (χ3v) is 1.46. The largest absolute Gasteiger partial charge is 0.249 e. The first kappa shape index (κ1) is 6.49. The summed E-state index contributed by atoms with van der Waals surface area (Å²) in [7, 11) is 0. The summed E-state index contributed by atoms with van der Waals surface area (Å²) in [6.07, 6.45) is 3.52. The Morgan fingerprint density at radius 3 is 2.78 bits per heavy atom. The molecule has 1 rings (SSSR count). The van der Waals surface area contributed by atoms with Crippen LogP contribution in [0.15, 0.2) is 29.5 Å². The van der Waals surface area contributed by atoms with Crippen molar-refractivity contribution in [2.24, 2.45) is 0 Å². The van der Waals surface area contributed by atoms with Crippen LogP contribution in [0.3, 0.4) is 0 Å². The molecule has 0 spiro atoms. The first-order valence-electron chi connectivity index (χ1n) is 2.57. The van der Waals surface area contributed by atoms with Gasteiger partial charge in [-0.1, -0.05) is 18.7 Å². The minimum atomic E-state index is 0.855. The molecule has 0 unspecified atom stereocenters. The molecular formula is C7H6BrN. The van der Waals surface area contributed by atoms with Crippen LogP contribution in [-0.2, 0) is 0 Å². The van der Waals surface area contributed by atoms with E-state index in [0.29, 0.717) is 0 Å². The molecule has 9 heavy (non-hydrogen) atoms. The minimum Gasteiger partial charge on any atom is -0.249 e. The van der Waals surface area contributed by atoms with Crippen molar-refractivity contribution in [3.05, 3.63) is 35.1 Å². The highest BCUT2D eigenvalue weighted by molar-refractivity contribution is 9.10. The lowest BCUT2D eigenvalue weighted by Crippen LogP contribution is -1.74. The Morgan fingerprint density at radius 1 is 1.56 bits per heavy atom. The number of aromatic nitrogens is 1. The summed E-state index contributed by atoms with van der Waals surface area (Å²) in [6.45, 7) is 3.61. The van der Waals surface area contributed by atoms with Crippen LogP contribution in [0.25, 0.3) is 6.08 Å². The molecule has 0 aliphatic rings. The molecule has 0 saturated carbocycles. The molecule has 2 heteroatoms. The molecule has 1 aromatic rings. The lowest BCUT2D eigenvalue weighted by molar-refractivity contribution is 1.27. The highest BCUT2D eigenvalue weighted by Crippen LogP contribution is 2.06. The van der Waals surface area contributed by atoms with Crippen LogP contribution in [0.2, 0.25) is 0 Å². The summed E-state index contributed by atoms with van der Waals surface area (Å²) < 4.78 is 0.855. The third kappa shape index (κ3) is 1.64. The van der Waals surface area contributed by atoms with Crippen LogP contribution in [0.4, 0.5) is 0 Å². The monoisotopic (exact) mass is 183 g/mol. The highest BCUT2D eigenvalue weighted by atomic mass is 79.9. The van der Waals surface area contributed by atoms with Crippen molar-refractivity contribution in [2.75, 3.05) is 0 Å². The molecule has 0 bridgehead atoms. The zero-order chi connectivity index (χ0) is 6.69. The van der Waals surface area contributed by atoms with Gasteiger partial charge in [0, 0.05) is 6.20 Å². The number of halogens is 1. The molecule has 0 amide bonds. The molecule has 0 radical (unpaired) electrons. The molecule has 0 aliphatic heterocycles. The molecule has 1 aromatic heterocycles. The van der Waals surface area contributed by atoms with Gasteiger partial charge in [0.15, 0.2) is 0 Å². The lowest BCUT2D eigenvalue weighted by Gasteiger charge is -1.89. The van der Waals surface area contributed by atoms with E-state index in [4.69, 9.17) is 0 Å². The average molecular weight is 184 g/mol. The number of hydrogen-bond donors (Lipinski definition) is 0. The van der Waals surface area contributed by atoms with Crippen molar-refractivity contribution in [3.8, 4) is 0 Å². The predicted octanol–water partition coefficient (Wildman–Crippen LogP) is 2.49. The molecule has 0 atom stereocenters. The summed E-state index contributed by atoms with van der Waals surface area (Å²) in [6, 6.07) is 3.83. The van der Waals surface area contributed by atoms with Crippen molar-refractivity contribution < 1.29 is 0 Å². The Labute approximate surface area is 62.6 Å². The minimum absolute atomic E-state index is 0.855. The number of rotatable bonds is 1. The molecule has 1 nitrogen and oxygen atoms in total. The van der Waals surface area contributed by atoms with Crippen molar-refractivity contribution in [3.63, 3.8) is 0 Å². The maximum Gasteiger partial charge on any atom is 0.106 e. The van der Waals surface area contributed by atoms with E-state index in [9.17, 15) is 0 Å². The first-order chi connectivity index (χ1) is 4.33. The molecule has 46 valence electrons. The quantitative estimate of drug-likeness (QED) is 0.611. The summed E-state index contributed by atoms with van der Waals surface area (Å²) >= 11 is 3.23. The SMILES string of the molecule is C=Cc1ccc(Br)nc1. The van der Waals surface area contributed by atoms with Gasteiger partial charge >= 0.3 is 0 Å². The zero-order valence-corrected chi connectivity index (χ0v) is 6.43. The summed E-state index contributed by atoms with van der Waals surface area (Å²) in [5, 5.41) is 0. The topological polar surface area (TPSA) is 12.9 Å². The van der Waals surface area contributed by atoms with E-state index in [1.807, 2.05) is 12.1 Å². The first-order valence-corrected chi connectivity index (χ1v) is 3.36. The van der Waals surface area contributed by atoms with Gasteiger partial charge < -0.3 is 0 Å². The van der Waals surface area contributed by atoms with Crippen molar-refractivity contribution >= 4 is 22.0 Å². The van der Waals surface area contributed by atoms with Gasteiger partial charge in [-0.15, -0.1) is 0 Å². The Kier molecular flexibility index (Phi) is 2.01. The lowest BCUT2D eigenvalue weighted by atomic mass is 10.3. The Hall–Kier alpha value is -0.630. The number of pyridine rings is 1. The van der Waals surface area contributed by atoms with Crippen molar-refractivity contribution in [1.29, 1.82) is 0 Å². The summed E-state index contributed by atoms with van der Waals surface area (Å²) in [5.74, 6) is 0. The van der Waals surface area contributed by atoms with Crippen LogP contribution in [-0.4, -0.2) is 4.98 Å². The van der Waals surface area contributed by atoms with Gasteiger partial charge in [-0.3, -0.25) is 0 Å². The van der Waals surface area contributed by atoms with Gasteiger partial charge in [0.2, 0.25) is 0 Å². The van der Waals surface area contributed by atoms with Crippen LogP contribution in [0.1, 0.15) is 5.56 Å². The van der Waals surface area contributed by atoms with Crippen LogP contribution >= 0.6 is 15.9 Å². The van der Waals surface area contributed by atoms with Gasteiger partial charge in [0.25, 0.3) is 0 Å². The maximum atomic E-state index is 4.00. The number of hydrogen-bond acceptors (Lipinski definition) is 1. The van der Waals surface area contributed by atoms with E-state index in [1.165, 1.54) is 0 Å². The van der Waals surface area contributed by atoms with Crippen molar-refractivity contribution in [2.45, 2.75) is 0 Å². The second kappa shape index (κ2) is 2.78. The smallest absolute Gasteiger partial charge is 0.106 e. The zero-order valence-electron chi connectivity index (χ0n) is 4.84. The molecule has 0 aliphatic carbocycles. The molecule has 0 N–H and O–H groups in total. The summed E-state index contributed by atoms with van der Waals surface area (Å²) in [4.78, 5) is 4.00. The van der Waals surface area contributed by atoms with Crippen molar-refractivity contribution in [1.82, 2.24) is 4.98 Å². The van der Waals surface area contributed by atoms with E-state index >= 15 is 0 Å². The molecule has 0 saturated heterocycles. The van der Waals surface area contributed by atoms with E-state index in [1.54, 1.807) is 12.3 Å². The van der Waals surface area contributed by atoms with Gasteiger partial charge in [0.1, 0.15) is 4.60 Å². The second-order valence-corrected chi connectivity index (χ2v) is 2.43. The molecule has 0 aromatic carbocycles. The standard InChI is InChI=1S/C7H6BrN/c1-2-6-3-4-7(8)9-5-6/h2-5H,1H2. The second-order valence-electron chi connectivity index (χ2n) is 1.62. The van der Waals surface area contributed by atoms with Crippen LogP contribution in [0, 0.1) is 0 Å². The van der Waals surface area contributed by atoms with E-state index < -0.39 is 0 Å². The van der Waals surface area contributed by atoms with E-state index in [-0.39, 0.29) is 0 Å². The predicted molar refractivity (Wildman–Crippen MR) is 42.0 cm³/mol. The third-order valence-electron chi connectivity index (χ3n) is 0.986. The van der Waals surface area contributed by atoms with E-state index in [2.05, 4.69) is 27.5 Å². The van der Waals surface area contributed by atoms with Gasteiger partial charge in [0.05, 0.1) is 0 Å². The fourth-order valence-corrected chi connectivity index (χ4v) is 0.743. The fourth-order valence-electron chi connectivity index (χ4n) is 0.508. The highest BCUT2D eigenvalue weighted by Gasteiger charge is 1.85. The normalized spacial score (nSPS) is 9.00. The Morgan fingerprint density at radius 2 is 2.33 bits per heavy atom. The Bertz CT molecular complexity index is 203. The molecule has 1 heterocycles. The molecule has 0 fully saturated rings. The van der Waals surface area contributed by atoms with Gasteiger partial charge in [-0.25, -0.2) is 4.98 Å². The van der Waals surface area contributed by atoms with Crippen LogP contribution in [0.5, 0.6) is 0 Å². The summed E-state index contributed by atoms with van der Waals surface area (Å²) in [5.41, 5.74) is 1.04. The van der Waals surface area contributed by atoms with Crippen LogP contribution < -0.4 is 0 Å². The van der Waals surface area contributed by atoms with Gasteiger partial charge in [-0.2, -0.15) is 0 Å². The number of nitrogens with zero attached hydrogens (tertiary/aromatic N) is 1. The fraction of sp³-hybridized carbons (Fsp3) is 0. The molecular weight excluding hydrogens is 178 g/mol.